The van der Waals surface area contributed by atoms with E-state index < -0.39 is 0 Å². The zero-order valence-corrected chi connectivity index (χ0v) is 18.6. The summed E-state index contributed by atoms with van der Waals surface area (Å²) in [6.45, 7) is 2.20. The molecule has 0 atom stereocenters. The summed E-state index contributed by atoms with van der Waals surface area (Å²) in [6.07, 6.45) is 3.05. The van der Waals surface area contributed by atoms with Crippen molar-refractivity contribution in [1.82, 2.24) is 9.88 Å². The Hall–Kier alpha value is -2.03. The van der Waals surface area contributed by atoms with Crippen molar-refractivity contribution in [1.29, 1.82) is 0 Å². The molecule has 0 saturated carbocycles. The Morgan fingerprint density at radius 2 is 2.07 bits per heavy atom. The first-order valence-electron chi connectivity index (χ1n) is 8.21. The van der Waals surface area contributed by atoms with Gasteiger partial charge >= 0.3 is 0 Å². The number of hydrogen-bond acceptors (Lipinski definition) is 6. The Bertz CT molecular complexity index is 878. The predicted octanol–water partition coefficient (Wildman–Crippen LogP) is 4.46. The van der Waals surface area contributed by atoms with Crippen LogP contribution in [0.1, 0.15) is 12.5 Å². The third-order valence-electron chi connectivity index (χ3n) is 3.36. The number of halogens is 3. The summed E-state index contributed by atoms with van der Waals surface area (Å²) >= 11 is 15.3. The number of amides is 1. The van der Waals surface area contributed by atoms with E-state index in [9.17, 15) is 4.79 Å². The standard InChI is InChI=1S/C18H19BrCl2N4O3/c1-4-27-15-6-11(5-13(19)17(15)28-10-16(26)25(2)3)8-23-24-18-14(21)7-12(20)9-22-18/h5-9H,4,10H2,1-3H3,(H,22,24)/b23-8+. The molecule has 1 aromatic heterocycles. The summed E-state index contributed by atoms with van der Waals surface area (Å²) in [4.78, 5) is 17.3. The fourth-order valence-corrected chi connectivity index (χ4v) is 2.99. The second-order valence-corrected chi connectivity index (χ2v) is 7.39. The number of carbonyl (C=O) groups excluding carboxylic acids is 1. The van der Waals surface area contributed by atoms with Gasteiger partial charge in [0.2, 0.25) is 0 Å². The lowest BCUT2D eigenvalue weighted by Crippen LogP contribution is -2.27. The minimum absolute atomic E-state index is 0.0958. The number of ether oxygens (including phenoxy) is 2. The van der Waals surface area contributed by atoms with Crippen LogP contribution >= 0.6 is 39.1 Å². The topological polar surface area (TPSA) is 76.0 Å². The highest BCUT2D eigenvalue weighted by molar-refractivity contribution is 9.10. The maximum absolute atomic E-state index is 11.8. The second-order valence-electron chi connectivity index (χ2n) is 5.69. The Morgan fingerprint density at radius 3 is 2.71 bits per heavy atom. The highest BCUT2D eigenvalue weighted by Gasteiger charge is 2.14. The highest BCUT2D eigenvalue weighted by atomic mass is 79.9. The van der Waals surface area contributed by atoms with Crippen LogP contribution in [0.15, 0.2) is 34.0 Å². The SMILES string of the molecule is CCOc1cc(/C=N/Nc2ncc(Cl)cc2Cl)cc(Br)c1OCC(=O)N(C)C. The van der Waals surface area contributed by atoms with Gasteiger partial charge in [-0.1, -0.05) is 23.2 Å². The van der Waals surface area contributed by atoms with Gasteiger partial charge in [-0.2, -0.15) is 5.10 Å². The van der Waals surface area contributed by atoms with Crippen LogP contribution in [0.2, 0.25) is 10.0 Å². The van der Waals surface area contributed by atoms with Crippen molar-refractivity contribution in [2.45, 2.75) is 6.92 Å². The number of benzene rings is 1. The zero-order chi connectivity index (χ0) is 20.7. The highest BCUT2D eigenvalue weighted by Crippen LogP contribution is 2.36. The van der Waals surface area contributed by atoms with Crippen molar-refractivity contribution in [2.24, 2.45) is 5.10 Å². The molecule has 28 heavy (non-hydrogen) atoms. The molecule has 7 nitrogen and oxygen atoms in total. The number of aromatic nitrogens is 1. The van der Waals surface area contributed by atoms with E-state index in [0.29, 0.717) is 38.4 Å². The molecule has 0 unspecified atom stereocenters. The van der Waals surface area contributed by atoms with Gasteiger partial charge in [-0.05, 0) is 46.6 Å². The van der Waals surface area contributed by atoms with Crippen molar-refractivity contribution in [3.05, 3.63) is 44.5 Å². The van der Waals surface area contributed by atoms with Crippen molar-refractivity contribution in [3.63, 3.8) is 0 Å². The van der Waals surface area contributed by atoms with Crippen LogP contribution in [-0.4, -0.2) is 49.3 Å². The third-order valence-corrected chi connectivity index (χ3v) is 4.45. The van der Waals surface area contributed by atoms with Crippen LogP contribution in [0, 0.1) is 0 Å². The number of anilines is 1. The molecule has 0 aliphatic rings. The molecule has 0 radical (unpaired) electrons. The smallest absolute Gasteiger partial charge is 0.259 e. The molecule has 0 fully saturated rings. The molecular formula is C18H19BrCl2N4O3. The lowest BCUT2D eigenvalue weighted by Gasteiger charge is -2.16. The number of rotatable bonds is 8. The van der Waals surface area contributed by atoms with Gasteiger partial charge in [0.15, 0.2) is 23.9 Å². The van der Waals surface area contributed by atoms with Gasteiger partial charge in [0.1, 0.15) is 0 Å². The lowest BCUT2D eigenvalue weighted by atomic mass is 10.2. The number of likely N-dealkylation sites (N-methyl/N-ethyl adjacent to an activating group) is 1. The summed E-state index contributed by atoms with van der Waals surface area (Å²) in [7, 11) is 3.33. The number of carbonyl (C=O) groups is 1. The quantitative estimate of drug-likeness (QED) is 0.437. The molecule has 1 aromatic carbocycles. The summed E-state index contributed by atoms with van der Waals surface area (Å²) in [6, 6.07) is 5.12. The van der Waals surface area contributed by atoms with Crippen LogP contribution in [0.25, 0.3) is 0 Å². The number of pyridine rings is 1. The van der Waals surface area contributed by atoms with Crippen LogP contribution in [0.4, 0.5) is 5.82 Å². The van der Waals surface area contributed by atoms with Crippen LogP contribution in [-0.2, 0) is 4.79 Å². The number of nitrogens with one attached hydrogen (secondary N) is 1. The molecule has 0 saturated heterocycles. The van der Waals surface area contributed by atoms with Gasteiger partial charge in [-0.15, -0.1) is 0 Å². The minimum Gasteiger partial charge on any atom is -0.490 e. The molecule has 1 amide bonds. The number of hydrazone groups is 1. The van der Waals surface area contributed by atoms with E-state index in [0.717, 1.165) is 5.56 Å². The molecule has 2 aromatic rings. The molecule has 10 heteroatoms. The van der Waals surface area contributed by atoms with Gasteiger partial charge in [-0.3, -0.25) is 10.2 Å². The average molecular weight is 490 g/mol. The van der Waals surface area contributed by atoms with Crippen LogP contribution in [0.5, 0.6) is 11.5 Å². The number of nitrogens with zero attached hydrogens (tertiary/aromatic N) is 3. The summed E-state index contributed by atoms with van der Waals surface area (Å²) in [5.41, 5.74) is 3.49. The van der Waals surface area contributed by atoms with E-state index >= 15 is 0 Å². The first-order valence-corrected chi connectivity index (χ1v) is 9.76. The minimum atomic E-state index is -0.156. The van der Waals surface area contributed by atoms with Gasteiger partial charge in [0.25, 0.3) is 5.91 Å². The zero-order valence-electron chi connectivity index (χ0n) is 15.5. The van der Waals surface area contributed by atoms with Crippen molar-refractivity contribution < 1.29 is 14.3 Å². The Labute approximate surface area is 181 Å². The molecular weight excluding hydrogens is 471 g/mol. The Balaban J connectivity index is 2.17. The molecule has 150 valence electrons. The van der Waals surface area contributed by atoms with Gasteiger partial charge in [-0.25, -0.2) is 4.98 Å². The van der Waals surface area contributed by atoms with Crippen LogP contribution in [0.3, 0.4) is 0 Å². The van der Waals surface area contributed by atoms with Crippen LogP contribution < -0.4 is 14.9 Å². The van der Waals surface area contributed by atoms with Gasteiger partial charge in [0.05, 0.1) is 27.3 Å². The maximum Gasteiger partial charge on any atom is 0.259 e. The third kappa shape index (κ3) is 6.25. The molecule has 2 rings (SSSR count). The van der Waals surface area contributed by atoms with E-state index in [1.165, 1.54) is 11.1 Å². The maximum atomic E-state index is 11.8. The molecule has 1 heterocycles. The summed E-state index contributed by atoms with van der Waals surface area (Å²) in [5, 5.41) is 4.92. The Morgan fingerprint density at radius 1 is 1.32 bits per heavy atom. The molecule has 0 aliphatic carbocycles. The van der Waals surface area contributed by atoms with Crippen molar-refractivity contribution in [2.75, 3.05) is 32.7 Å². The Kier molecular flexibility index (Phi) is 8.35. The van der Waals surface area contributed by atoms with E-state index in [2.05, 4.69) is 31.4 Å². The average Bonchev–Trinajstić information content (AvgIpc) is 2.62. The van der Waals surface area contributed by atoms with E-state index in [1.54, 1.807) is 38.5 Å². The molecule has 1 N–H and O–H groups in total. The van der Waals surface area contributed by atoms with Gasteiger partial charge < -0.3 is 14.4 Å². The predicted molar refractivity (Wildman–Crippen MR) is 115 cm³/mol. The first kappa shape index (κ1) is 22.3. The van der Waals surface area contributed by atoms with Crippen molar-refractivity contribution >= 4 is 57.1 Å². The normalized spacial score (nSPS) is 10.8. The molecule has 0 spiro atoms. The van der Waals surface area contributed by atoms with E-state index in [-0.39, 0.29) is 12.5 Å². The first-order chi connectivity index (χ1) is 13.3. The fourth-order valence-electron chi connectivity index (χ4n) is 1.99. The van der Waals surface area contributed by atoms with E-state index in [1.807, 2.05) is 6.92 Å². The van der Waals surface area contributed by atoms with E-state index in [4.69, 9.17) is 32.7 Å². The number of hydrogen-bond donors (Lipinski definition) is 1. The van der Waals surface area contributed by atoms with Gasteiger partial charge in [0, 0.05) is 20.3 Å². The lowest BCUT2D eigenvalue weighted by molar-refractivity contribution is -0.130. The largest absolute Gasteiger partial charge is 0.490 e. The monoisotopic (exact) mass is 488 g/mol. The fraction of sp³-hybridized carbons (Fsp3) is 0.278. The summed E-state index contributed by atoms with van der Waals surface area (Å²) < 4.78 is 11.9. The summed E-state index contributed by atoms with van der Waals surface area (Å²) in [5.74, 6) is 1.17. The second kappa shape index (κ2) is 10.5. The van der Waals surface area contributed by atoms with Crippen molar-refractivity contribution in [3.8, 4) is 11.5 Å². The molecule has 0 bridgehead atoms. The molecule has 0 aliphatic heterocycles.